The van der Waals surface area contributed by atoms with E-state index in [1.807, 2.05) is 0 Å². The van der Waals surface area contributed by atoms with Gasteiger partial charge in [-0.3, -0.25) is 0 Å². The van der Waals surface area contributed by atoms with Gasteiger partial charge in [0, 0.05) is 0 Å². The Morgan fingerprint density at radius 2 is 1.00 bits per heavy atom. The van der Waals surface area contributed by atoms with Crippen molar-refractivity contribution in [2.24, 2.45) is 0 Å². The zero-order valence-corrected chi connectivity index (χ0v) is 13.5. The van der Waals surface area contributed by atoms with E-state index in [4.69, 9.17) is 39.8 Å². The van der Waals surface area contributed by atoms with E-state index in [1.54, 1.807) is 0 Å². The molecule has 7 heteroatoms. The Morgan fingerprint density at radius 1 is 1.00 bits per heavy atom. The minimum atomic E-state index is -2.31. The van der Waals surface area contributed by atoms with Crippen molar-refractivity contribution in [3.05, 3.63) is 0 Å². The Morgan fingerprint density at radius 3 is 1.00 bits per heavy atom. The fourth-order valence-corrected chi connectivity index (χ4v) is 0. The van der Waals surface area contributed by atoms with E-state index in [0.717, 1.165) is 0 Å². The topological polar surface area (TPSA) is 0 Å². The third-order valence-electron chi connectivity index (χ3n) is 0. The van der Waals surface area contributed by atoms with Crippen LogP contribution in [0.15, 0.2) is 0 Å². The third kappa shape index (κ3) is 45.8. The van der Waals surface area contributed by atoms with E-state index in [9.17, 15) is 0 Å². The first-order valence-corrected chi connectivity index (χ1v) is 22.6. The molecule has 0 rings (SSSR count). The normalized spacial score (nSPS) is 5.29. The van der Waals surface area contributed by atoms with Crippen molar-refractivity contribution in [3.8, 4) is 0 Å². The van der Waals surface area contributed by atoms with Gasteiger partial charge in [0.2, 0.25) is 0 Å². The molecule has 0 atom stereocenters. The van der Waals surface area contributed by atoms with E-state index >= 15 is 0 Å². The summed E-state index contributed by atoms with van der Waals surface area (Å²) in [6, 6.07) is 0. The third-order valence-corrected chi connectivity index (χ3v) is 0. The summed E-state index contributed by atoms with van der Waals surface area (Å²) in [4.78, 5) is 0. The van der Waals surface area contributed by atoms with Crippen molar-refractivity contribution >= 4 is 39.8 Å². The van der Waals surface area contributed by atoms with Crippen molar-refractivity contribution < 1.29 is 40.8 Å². The summed E-state index contributed by atoms with van der Waals surface area (Å²) in [5.41, 5.74) is 0. The standard InChI is InChI=1S/5ClH.La.Zn/h5*1H;;/q;;;;;+3;+2/p-5. The Balaban J connectivity index is 0. The molecule has 0 aromatic heterocycles. The zero-order chi connectivity index (χ0) is 6.28. The molecule has 0 amide bonds. The summed E-state index contributed by atoms with van der Waals surface area (Å²) in [6.45, 7) is 15.1. The van der Waals surface area contributed by atoms with Crippen LogP contribution < -0.4 is 0 Å². The van der Waals surface area contributed by atoms with E-state index < -0.39 is 40.8 Å². The van der Waals surface area contributed by atoms with Crippen LogP contribution in [0.25, 0.3) is 0 Å². The maximum atomic E-state index is 5.03. The minimum absolute atomic E-state index is 0.931. The quantitative estimate of drug-likeness (QED) is 0.564. The molecule has 0 N–H and O–H groups in total. The van der Waals surface area contributed by atoms with Gasteiger partial charge in [-0.1, -0.05) is 0 Å². The molecule has 40 valence electrons. The van der Waals surface area contributed by atoms with Gasteiger partial charge in [-0.2, -0.15) is 0 Å². The average molecular weight is 382 g/mol. The van der Waals surface area contributed by atoms with Crippen LogP contribution >= 0.6 is 39.8 Å². The molecule has 0 radical (unpaired) electrons. The first-order chi connectivity index (χ1) is 3.15. The molecule has 0 fully saturated rings. The SMILES string of the molecule is [Cl][La]([Cl])[Cl].[Cl][Zn][Cl]. The number of halogens is 5. The predicted molar refractivity (Wildman–Crippen MR) is 29.3 cm³/mol. The average Bonchev–Trinajstić information content (AvgIpc) is 1.33. The second-order valence-electron chi connectivity index (χ2n) is 0.348. The van der Waals surface area contributed by atoms with Crippen LogP contribution in [0.5, 0.6) is 0 Å². The molecule has 0 bridgehead atoms. The summed E-state index contributed by atoms with van der Waals surface area (Å²) in [7, 11) is 9.90. The van der Waals surface area contributed by atoms with Crippen molar-refractivity contribution in [3.63, 3.8) is 0 Å². The van der Waals surface area contributed by atoms with Gasteiger partial charge in [-0.25, -0.2) is 0 Å². The molecule has 0 saturated heterocycles. The van der Waals surface area contributed by atoms with Crippen LogP contribution in [-0.2, 0) is 15.1 Å². The fourth-order valence-electron chi connectivity index (χ4n) is 0. The number of rotatable bonds is 0. The van der Waals surface area contributed by atoms with Crippen LogP contribution in [0.1, 0.15) is 0 Å². The van der Waals surface area contributed by atoms with Crippen molar-refractivity contribution in [1.82, 2.24) is 0 Å². The maximum absolute atomic E-state index is 5.03. The van der Waals surface area contributed by atoms with E-state index in [-0.39, 0.29) is 0 Å². The van der Waals surface area contributed by atoms with Crippen molar-refractivity contribution in [2.45, 2.75) is 0 Å². The van der Waals surface area contributed by atoms with Crippen LogP contribution in [0.2, 0.25) is 0 Å². The number of hydrogen-bond donors (Lipinski definition) is 0. The van der Waals surface area contributed by atoms with Crippen LogP contribution in [0.4, 0.5) is 0 Å². The van der Waals surface area contributed by atoms with Crippen LogP contribution in [-0.4, -0.2) is 0 Å². The molecule has 7 heavy (non-hydrogen) atoms. The van der Waals surface area contributed by atoms with Gasteiger partial charge in [0.25, 0.3) is 0 Å². The van der Waals surface area contributed by atoms with Crippen LogP contribution in [0.3, 0.4) is 0 Å². The molecule has 0 aliphatic rings. The van der Waals surface area contributed by atoms with Gasteiger partial charge in [-0.05, 0) is 0 Å². The summed E-state index contributed by atoms with van der Waals surface area (Å²) in [6.07, 6.45) is 0. The Kier molecular flexibility index (Phi) is 22.1. The molecule has 0 spiro atoms. The zero-order valence-electron chi connectivity index (χ0n) is 3.17. The molecule has 0 heterocycles. The van der Waals surface area contributed by atoms with E-state index in [2.05, 4.69) is 0 Å². The first kappa shape index (κ1) is 12.9. The molecular formula is Cl5LaZn. The van der Waals surface area contributed by atoms with Crippen molar-refractivity contribution in [2.75, 3.05) is 0 Å². The molecule has 0 unspecified atom stereocenters. The molecule has 0 aliphatic heterocycles. The van der Waals surface area contributed by atoms with Crippen LogP contribution in [0, 0.1) is 25.7 Å². The Bertz CT molecular complexity index is 19.3. The Labute approximate surface area is 78.6 Å². The molecule has 0 aliphatic carbocycles. The van der Waals surface area contributed by atoms with Gasteiger partial charge in [0.05, 0.1) is 0 Å². The molecule has 0 nitrogen and oxygen atoms in total. The summed E-state index contributed by atoms with van der Waals surface area (Å²) in [5, 5.41) is 0. The predicted octanol–water partition coefficient (Wildman–Crippen LogP) is 3.45. The fraction of sp³-hybridized carbons (Fsp3) is 0. The molecule has 0 aromatic rings. The van der Waals surface area contributed by atoms with Gasteiger partial charge in [0.1, 0.15) is 0 Å². The molecule has 0 saturated carbocycles. The molecule has 0 aromatic carbocycles. The summed E-state index contributed by atoms with van der Waals surface area (Å²) >= 11 is -3.24. The van der Waals surface area contributed by atoms with Crippen molar-refractivity contribution in [1.29, 1.82) is 0 Å². The molecular weight excluding hydrogens is 382 g/mol. The van der Waals surface area contributed by atoms with E-state index in [0.29, 0.717) is 0 Å². The van der Waals surface area contributed by atoms with Gasteiger partial charge in [0.15, 0.2) is 0 Å². The second-order valence-corrected chi connectivity index (χ2v) is 20.9. The first-order valence-electron chi connectivity index (χ1n) is 1.19. The number of hydrogen-bond acceptors (Lipinski definition) is 0. The van der Waals surface area contributed by atoms with Gasteiger partial charge in [-0.15, -0.1) is 0 Å². The monoisotopic (exact) mass is 378 g/mol. The summed E-state index contributed by atoms with van der Waals surface area (Å²) < 4.78 is 0. The second kappa shape index (κ2) is 12.0. The van der Waals surface area contributed by atoms with E-state index in [1.165, 1.54) is 0 Å². The Hall–Kier alpha value is 3.27. The summed E-state index contributed by atoms with van der Waals surface area (Å²) in [5.74, 6) is 0. The van der Waals surface area contributed by atoms with Gasteiger partial charge < -0.3 is 0 Å². The van der Waals surface area contributed by atoms with Gasteiger partial charge >= 0.3 is 80.6 Å².